The molecule has 7 heteroatoms. The van der Waals surface area contributed by atoms with Crippen molar-refractivity contribution < 1.29 is 17.9 Å². The van der Waals surface area contributed by atoms with Gasteiger partial charge in [0.05, 0.1) is 5.92 Å². The molecule has 1 aromatic heterocycles. The number of hydrogen-bond donors (Lipinski definition) is 0. The van der Waals surface area contributed by atoms with Gasteiger partial charge in [0.2, 0.25) is 0 Å². The minimum atomic E-state index is -3.43. The molecule has 0 aliphatic carbocycles. The van der Waals surface area contributed by atoms with Gasteiger partial charge in [-0.25, -0.2) is 8.42 Å². The first-order valence-corrected chi connectivity index (χ1v) is 10.1. The molecule has 1 aliphatic rings. The summed E-state index contributed by atoms with van der Waals surface area (Å²) < 4.78 is 32.1. The summed E-state index contributed by atoms with van der Waals surface area (Å²) in [6.07, 6.45) is 0.963. The van der Waals surface area contributed by atoms with E-state index in [2.05, 4.69) is 0 Å². The number of carbonyl (C=O) groups is 1. The van der Waals surface area contributed by atoms with Gasteiger partial charge in [0.25, 0.3) is 10.0 Å². The van der Waals surface area contributed by atoms with Crippen molar-refractivity contribution in [2.45, 2.75) is 24.0 Å². The largest absolute Gasteiger partial charge is 0.426 e. The van der Waals surface area contributed by atoms with Gasteiger partial charge in [-0.15, -0.1) is 11.3 Å². The average molecular weight is 365 g/mol. The molecule has 0 atom stereocenters. The van der Waals surface area contributed by atoms with Gasteiger partial charge in [-0.2, -0.15) is 4.31 Å². The molecule has 0 saturated carbocycles. The molecule has 0 spiro atoms. The summed E-state index contributed by atoms with van der Waals surface area (Å²) in [4.78, 5) is 12.2. The van der Waals surface area contributed by atoms with Gasteiger partial charge in [-0.1, -0.05) is 23.8 Å². The van der Waals surface area contributed by atoms with Gasteiger partial charge in [0.1, 0.15) is 9.96 Å². The van der Waals surface area contributed by atoms with Gasteiger partial charge in [0, 0.05) is 13.1 Å². The number of piperidine rings is 1. The molecule has 0 unspecified atom stereocenters. The summed E-state index contributed by atoms with van der Waals surface area (Å²) in [7, 11) is -3.43. The Kier molecular flexibility index (Phi) is 5.03. The Morgan fingerprint density at radius 2 is 1.83 bits per heavy atom. The van der Waals surface area contributed by atoms with Crippen LogP contribution in [0, 0.1) is 12.8 Å². The van der Waals surface area contributed by atoms with Crippen LogP contribution in [0.4, 0.5) is 0 Å². The first-order valence-electron chi connectivity index (χ1n) is 7.79. The summed E-state index contributed by atoms with van der Waals surface area (Å²) in [5, 5.41) is 1.75. The second-order valence-corrected chi connectivity index (χ2v) is 8.96. The topological polar surface area (TPSA) is 63.7 Å². The molecule has 1 saturated heterocycles. The van der Waals surface area contributed by atoms with E-state index in [-0.39, 0.29) is 11.9 Å². The van der Waals surface area contributed by atoms with E-state index in [1.165, 1.54) is 15.6 Å². The van der Waals surface area contributed by atoms with E-state index in [0.29, 0.717) is 35.9 Å². The highest BCUT2D eigenvalue weighted by Crippen LogP contribution is 2.27. The van der Waals surface area contributed by atoms with Crippen molar-refractivity contribution in [3.05, 3.63) is 47.3 Å². The van der Waals surface area contributed by atoms with E-state index in [1.807, 2.05) is 19.1 Å². The second kappa shape index (κ2) is 7.04. The van der Waals surface area contributed by atoms with Crippen molar-refractivity contribution in [3.63, 3.8) is 0 Å². The molecule has 1 aromatic carbocycles. The zero-order valence-corrected chi connectivity index (χ0v) is 15.0. The summed E-state index contributed by atoms with van der Waals surface area (Å²) in [5.41, 5.74) is 1.10. The van der Waals surface area contributed by atoms with Crippen LogP contribution in [-0.4, -0.2) is 31.8 Å². The molecule has 0 N–H and O–H groups in total. The number of carbonyl (C=O) groups excluding carboxylic acids is 1. The van der Waals surface area contributed by atoms with E-state index in [4.69, 9.17) is 4.74 Å². The molecule has 1 fully saturated rings. The molecule has 128 valence electrons. The monoisotopic (exact) mass is 365 g/mol. The Bertz CT molecular complexity index is 790. The van der Waals surface area contributed by atoms with Crippen molar-refractivity contribution >= 4 is 27.3 Å². The van der Waals surface area contributed by atoms with Crippen LogP contribution in [0.2, 0.25) is 0 Å². The SMILES string of the molecule is Cc1ccc(OC(=O)C2CCN(S(=O)(=O)c3cccs3)CC2)cc1. The predicted octanol–water partition coefficient (Wildman–Crippen LogP) is 3.06. The minimum Gasteiger partial charge on any atom is -0.426 e. The highest BCUT2D eigenvalue weighted by atomic mass is 32.2. The van der Waals surface area contributed by atoms with E-state index < -0.39 is 10.0 Å². The van der Waals surface area contributed by atoms with Crippen LogP contribution in [0.1, 0.15) is 18.4 Å². The van der Waals surface area contributed by atoms with Crippen LogP contribution >= 0.6 is 11.3 Å². The molecule has 24 heavy (non-hydrogen) atoms. The maximum absolute atomic E-state index is 12.5. The third kappa shape index (κ3) is 3.68. The van der Waals surface area contributed by atoms with Gasteiger partial charge < -0.3 is 4.74 Å². The maximum atomic E-state index is 12.5. The van der Waals surface area contributed by atoms with Crippen molar-refractivity contribution in [2.24, 2.45) is 5.92 Å². The highest BCUT2D eigenvalue weighted by Gasteiger charge is 2.33. The predicted molar refractivity (Wildman–Crippen MR) is 92.6 cm³/mol. The number of ether oxygens (including phenoxy) is 1. The van der Waals surface area contributed by atoms with Gasteiger partial charge in [0.15, 0.2) is 0 Å². The number of esters is 1. The number of thiophene rings is 1. The smallest absolute Gasteiger partial charge is 0.314 e. The van der Waals surface area contributed by atoms with Gasteiger partial charge in [-0.3, -0.25) is 4.79 Å². The van der Waals surface area contributed by atoms with Crippen molar-refractivity contribution in [1.82, 2.24) is 4.31 Å². The summed E-state index contributed by atoms with van der Waals surface area (Å²) in [5.74, 6) is -0.0210. The number of nitrogens with zero attached hydrogens (tertiary/aromatic N) is 1. The van der Waals surface area contributed by atoms with Gasteiger partial charge in [-0.05, 0) is 43.3 Å². The van der Waals surface area contributed by atoms with E-state index >= 15 is 0 Å². The van der Waals surface area contributed by atoms with E-state index in [1.54, 1.807) is 29.6 Å². The quantitative estimate of drug-likeness (QED) is 0.617. The van der Waals surface area contributed by atoms with Crippen LogP contribution in [0.25, 0.3) is 0 Å². The van der Waals surface area contributed by atoms with Crippen molar-refractivity contribution in [1.29, 1.82) is 0 Å². The number of hydrogen-bond acceptors (Lipinski definition) is 5. The van der Waals surface area contributed by atoms with Crippen LogP contribution in [0.15, 0.2) is 46.0 Å². The first-order chi connectivity index (χ1) is 11.5. The second-order valence-electron chi connectivity index (χ2n) is 5.84. The molecule has 5 nitrogen and oxygen atoms in total. The Balaban J connectivity index is 1.58. The fourth-order valence-corrected chi connectivity index (χ4v) is 5.29. The average Bonchev–Trinajstić information content (AvgIpc) is 3.12. The molecule has 2 aromatic rings. The van der Waals surface area contributed by atoms with Crippen molar-refractivity contribution in [3.8, 4) is 5.75 Å². The van der Waals surface area contributed by atoms with Crippen LogP contribution in [0.3, 0.4) is 0 Å². The molecule has 0 radical (unpaired) electrons. The fraction of sp³-hybridized carbons (Fsp3) is 0.353. The lowest BCUT2D eigenvalue weighted by atomic mass is 9.98. The maximum Gasteiger partial charge on any atom is 0.314 e. The normalized spacial score (nSPS) is 16.9. The summed E-state index contributed by atoms with van der Waals surface area (Å²) >= 11 is 1.21. The Labute approximate surface area is 145 Å². The van der Waals surface area contributed by atoms with Crippen LogP contribution in [-0.2, 0) is 14.8 Å². The fourth-order valence-electron chi connectivity index (χ4n) is 2.68. The Hall–Kier alpha value is -1.70. The zero-order chi connectivity index (χ0) is 17.2. The summed E-state index contributed by atoms with van der Waals surface area (Å²) in [6.45, 7) is 2.65. The van der Waals surface area contributed by atoms with E-state index in [0.717, 1.165) is 5.56 Å². The lowest BCUT2D eigenvalue weighted by molar-refractivity contribution is -0.140. The van der Waals surface area contributed by atoms with Gasteiger partial charge >= 0.3 is 5.97 Å². The van der Waals surface area contributed by atoms with Crippen LogP contribution < -0.4 is 4.74 Å². The molecule has 1 aliphatic heterocycles. The standard InChI is InChI=1S/C17H19NO4S2/c1-13-4-6-15(7-5-13)22-17(19)14-8-10-18(11-9-14)24(20,21)16-3-2-12-23-16/h2-7,12,14H,8-11H2,1H3. The molecule has 0 amide bonds. The zero-order valence-electron chi connectivity index (χ0n) is 13.3. The van der Waals surface area contributed by atoms with E-state index in [9.17, 15) is 13.2 Å². The highest BCUT2D eigenvalue weighted by molar-refractivity contribution is 7.91. The number of aryl methyl sites for hydroxylation is 1. The minimum absolute atomic E-state index is 0.263. The number of rotatable bonds is 4. The lowest BCUT2D eigenvalue weighted by Crippen LogP contribution is -2.40. The molecular formula is C17H19NO4S2. The Morgan fingerprint density at radius 3 is 2.42 bits per heavy atom. The number of benzene rings is 1. The first kappa shape index (κ1) is 17.1. The Morgan fingerprint density at radius 1 is 1.17 bits per heavy atom. The van der Waals surface area contributed by atoms with Crippen molar-refractivity contribution in [2.75, 3.05) is 13.1 Å². The third-order valence-electron chi connectivity index (χ3n) is 4.12. The summed E-state index contributed by atoms with van der Waals surface area (Å²) in [6, 6.07) is 10.6. The molecular weight excluding hydrogens is 346 g/mol. The molecule has 3 rings (SSSR count). The number of sulfonamides is 1. The lowest BCUT2D eigenvalue weighted by Gasteiger charge is -2.29. The van der Waals surface area contributed by atoms with Crippen LogP contribution in [0.5, 0.6) is 5.75 Å². The molecule has 0 bridgehead atoms. The third-order valence-corrected chi connectivity index (χ3v) is 7.39. The molecule has 2 heterocycles.